The molecule has 1 N–H and O–H groups in total. The summed E-state index contributed by atoms with van der Waals surface area (Å²) in [4.78, 5) is 14.4. The molecule has 0 radical (unpaired) electrons. The summed E-state index contributed by atoms with van der Waals surface area (Å²) in [7, 11) is 1.93. The fourth-order valence-electron chi connectivity index (χ4n) is 3.84. The van der Waals surface area contributed by atoms with Crippen LogP contribution in [-0.2, 0) is 18.4 Å². The second kappa shape index (κ2) is 7.60. The highest BCUT2D eigenvalue weighted by Gasteiger charge is 2.34. The van der Waals surface area contributed by atoms with Crippen LogP contribution in [0.2, 0.25) is 0 Å². The monoisotopic (exact) mass is 374 g/mol. The highest BCUT2D eigenvalue weighted by Crippen LogP contribution is 2.30. The Morgan fingerprint density at radius 3 is 2.43 bits per heavy atom. The Labute approximate surface area is 166 Å². The maximum absolute atomic E-state index is 12.2. The van der Waals surface area contributed by atoms with E-state index in [1.807, 2.05) is 24.0 Å². The first-order valence-corrected chi connectivity index (χ1v) is 9.72. The Hall–Kier alpha value is -2.92. The standard InChI is InChI=1S/C23H26N4O/c1-16(2)22-20(14-26(3)25-22)23-24-21(28)15-27(23)13-17-9-11-19(12-10-17)18-7-5-4-6-8-18/h4-12,14,16,23H,13,15H2,1-3H3,(H,24,28)/t23-/m1/s1. The van der Waals surface area contributed by atoms with Crippen LogP contribution in [0.3, 0.4) is 0 Å². The molecule has 28 heavy (non-hydrogen) atoms. The van der Waals surface area contributed by atoms with Crippen molar-refractivity contribution >= 4 is 5.91 Å². The van der Waals surface area contributed by atoms with Crippen LogP contribution >= 0.6 is 0 Å². The Balaban J connectivity index is 1.56. The Bertz CT molecular complexity index is 960. The van der Waals surface area contributed by atoms with Crippen molar-refractivity contribution in [3.05, 3.63) is 77.6 Å². The maximum atomic E-state index is 12.2. The first-order valence-electron chi connectivity index (χ1n) is 9.72. The molecule has 4 rings (SSSR count). The van der Waals surface area contributed by atoms with Gasteiger partial charge < -0.3 is 5.32 Å². The number of amides is 1. The topological polar surface area (TPSA) is 50.2 Å². The lowest BCUT2D eigenvalue weighted by Crippen LogP contribution is -2.28. The molecule has 5 heteroatoms. The van der Waals surface area contributed by atoms with Gasteiger partial charge in [-0.25, -0.2) is 0 Å². The number of benzene rings is 2. The molecule has 1 fully saturated rings. The van der Waals surface area contributed by atoms with Gasteiger partial charge in [0.1, 0.15) is 6.17 Å². The van der Waals surface area contributed by atoms with E-state index in [0.29, 0.717) is 19.0 Å². The van der Waals surface area contributed by atoms with Gasteiger partial charge in [0.05, 0.1) is 12.2 Å². The highest BCUT2D eigenvalue weighted by molar-refractivity contribution is 5.80. The van der Waals surface area contributed by atoms with Crippen LogP contribution in [0.15, 0.2) is 60.8 Å². The fourth-order valence-corrected chi connectivity index (χ4v) is 3.84. The molecule has 1 atom stereocenters. The van der Waals surface area contributed by atoms with Gasteiger partial charge in [-0.15, -0.1) is 0 Å². The zero-order chi connectivity index (χ0) is 19.7. The minimum absolute atomic E-state index is 0.0597. The van der Waals surface area contributed by atoms with Crippen molar-refractivity contribution in [1.29, 1.82) is 0 Å². The molecule has 1 aliphatic rings. The lowest BCUT2D eigenvalue weighted by molar-refractivity contribution is -0.118. The van der Waals surface area contributed by atoms with Crippen LogP contribution in [0.25, 0.3) is 11.1 Å². The third-order valence-electron chi connectivity index (χ3n) is 5.18. The van der Waals surface area contributed by atoms with E-state index >= 15 is 0 Å². The zero-order valence-corrected chi connectivity index (χ0v) is 16.6. The van der Waals surface area contributed by atoms with Gasteiger partial charge >= 0.3 is 0 Å². The molecule has 3 aromatic rings. The number of nitrogens with one attached hydrogen (secondary N) is 1. The minimum Gasteiger partial charge on any atom is -0.335 e. The van der Waals surface area contributed by atoms with Gasteiger partial charge in [-0.3, -0.25) is 14.4 Å². The number of carbonyl (C=O) groups excluding carboxylic acids is 1. The average Bonchev–Trinajstić information content (AvgIpc) is 3.25. The largest absolute Gasteiger partial charge is 0.335 e. The number of hydrogen-bond acceptors (Lipinski definition) is 3. The smallest absolute Gasteiger partial charge is 0.235 e. The molecule has 0 saturated carbocycles. The normalized spacial score (nSPS) is 17.3. The zero-order valence-electron chi connectivity index (χ0n) is 16.6. The number of carbonyl (C=O) groups is 1. The van der Waals surface area contributed by atoms with Crippen molar-refractivity contribution in [3.8, 4) is 11.1 Å². The van der Waals surface area contributed by atoms with Gasteiger partial charge in [0.2, 0.25) is 5.91 Å². The summed E-state index contributed by atoms with van der Waals surface area (Å²) in [5, 5.41) is 7.73. The third kappa shape index (κ3) is 3.71. The van der Waals surface area contributed by atoms with E-state index in [1.54, 1.807) is 0 Å². The number of hydrogen-bond donors (Lipinski definition) is 1. The summed E-state index contributed by atoms with van der Waals surface area (Å²) in [5.41, 5.74) is 5.73. The minimum atomic E-state index is -0.132. The van der Waals surface area contributed by atoms with E-state index in [9.17, 15) is 4.79 Å². The van der Waals surface area contributed by atoms with Gasteiger partial charge in [-0.1, -0.05) is 68.4 Å². The molecule has 2 heterocycles. The molecule has 1 aromatic heterocycles. The molecular weight excluding hydrogens is 348 g/mol. The van der Waals surface area contributed by atoms with E-state index in [4.69, 9.17) is 0 Å². The lowest BCUT2D eigenvalue weighted by Gasteiger charge is -2.24. The molecule has 1 amide bonds. The predicted molar refractivity (Wildman–Crippen MR) is 110 cm³/mol. The van der Waals surface area contributed by atoms with Gasteiger partial charge in [-0.2, -0.15) is 5.10 Å². The summed E-state index contributed by atoms with van der Waals surface area (Å²) < 4.78 is 1.84. The molecule has 1 saturated heterocycles. The maximum Gasteiger partial charge on any atom is 0.235 e. The van der Waals surface area contributed by atoms with Crippen LogP contribution in [0.1, 0.15) is 42.8 Å². The third-order valence-corrected chi connectivity index (χ3v) is 5.18. The van der Waals surface area contributed by atoms with Gasteiger partial charge in [0.15, 0.2) is 0 Å². The van der Waals surface area contributed by atoms with Crippen LogP contribution in [0, 0.1) is 0 Å². The van der Waals surface area contributed by atoms with Gasteiger partial charge in [-0.05, 0) is 22.6 Å². The fraction of sp³-hybridized carbons (Fsp3) is 0.304. The van der Waals surface area contributed by atoms with Gasteiger partial charge in [0, 0.05) is 25.4 Å². The van der Waals surface area contributed by atoms with E-state index in [2.05, 4.69) is 77.7 Å². The van der Waals surface area contributed by atoms with E-state index < -0.39 is 0 Å². The first kappa shape index (κ1) is 18.4. The molecule has 0 spiro atoms. The summed E-state index contributed by atoms with van der Waals surface area (Å²) in [6.07, 6.45) is 1.89. The number of nitrogens with zero attached hydrogens (tertiary/aromatic N) is 3. The van der Waals surface area contributed by atoms with Crippen molar-refractivity contribution in [2.45, 2.75) is 32.5 Å². The van der Waals surface area contributed by atoms with E-state index in [1.165, 1.54) is 16.7 Å². The van der Waals surface area contributed by atoms with Gasteiger partial charge in [0.25, 0.3) is 0 Å². The summed E-state index contributed by atoms with van der Waals surface area (Å²) in [5.74, 6) is 0.366. The molecule has 0 aliphatic carbocycles. The van der Waals surface area contributed by atoms with Crippen molar-refractivity contribution in [1.82, 2.24) is 20.0 Å². The Morgan fingerprint density at radius 1 is 1.07 bits per heavy atom. The second-order valence-electron chi connectivity index (χ2n) is 7.74. The number of aryl methyl sites for hydroxylation is 1. The van der Waals surface area contributed by atoms with Crippen molar-refractivity contribution in [2.75, 3.05) is 6.54 Å². The molecule has 0 unspecified atom stereocenters. The summed E-state index contributed by atoms with van der Waals surface area (Å²) >= 11 is 0. The quantitative estimate of drug-likeness (QED) is 0.738. The van der Waals surface area contributed by atoms with Crippen LogP contribution in [-0.4, -0.2) is 27.1 Å². The van der Waals surface area contributed by atoms with E-state index in [0.717, 1.165) is 11.3 Å². The van der Waals surface area contributed by atoms with Crippen molar-refractivity contribution in [2.24, 2.45) is 7.05 Å². The summed E-state index contributed by atoms with van der Waals surface area (Å²) in [6, 6.07) is 18.9. The number of aromatic nitrogens is 2. The molecule has 2 aromatic carbocycles. The van der Waals surface area contributed by atoms with Crippen LogP contribution < -0.4 is 5.32 Å². The highest BCUT2D eigenvalue weighted by atomic mass is 16.2. The molecule has 144 valence electrons. The van der Waals surface area contributed by atoms with Crippen molar-refractivity contribution in [3.63, 3.8) is 0 Å². The van der Waals surface area contributed by atoms with E-state index in [-0.39, 0.29) is 12.1 Å². The SMILES string of the molecule is CC(C)c1nn(C)cc1[C@@H]1NC(=O)CN1Cc1ccc(-c2ccccc2)cc1. The van der Waals surface area contributed by atoms with Crippen molar-refractivity contribution < 1.29 is 4.79 Å². The van der Waals surface area contributed by atoms with Crippen LogP contribution in [0.5, 0.6) is 0 Å². The van der Waals surface area contributed by atoms with Crippen LogP contribution in [0.4, 0.5) is 0 Å². The molecule has 0 bridgehead atoms. The first-order chi connectivity index (χ1) is 13.5. The second-order valence-corrected chi connectivity index (χ2v) is 7.74. The Morgan fingerprint density at radius 2 is 1.75 bits per heavy atom. The number of rotatable bonds is 5. The Kier molecular flexibility index (Phi) is 5.01. The lowest BCUT2D eigenvalue weighted by atomic mass is 10.0. The molecular formula is C23H26N4O. The predicted octanol–water partition coefficient (Wildman–Crippen LogP) is 3.84. The molecule has 5 nitrogen and oxygen atoms in total. The average molecular weight is 374 g/mol. The summed E-state index contributed by atoms with van der Waals surface area (Å²) in [6.45, 7) is 5.38. The molecule has 1 aliphatic heterocycles.